The summed E-state index contributed by atoms with van der Waals surface area (Å²) in [6, 6.07) is 0. The van der Waals surface area contributed by atoms with Crippen LogP contribution in [0, 0.1) is 12.3 Å². The Balaban J connectivity index is 4.43. The number of carbonyl (C=O) groups is 1. The van der Waals surface area contributed by atoms with Gasteiger partial charge in [-0.1, -0.05) is 5.92 Å². The molecular formula is C11H14O2. The van der Waals surface area contributed by atoms with Crippen molar-refractivity contribution in [1.29, 1.82) is 0 Å². The van der Waals surface area contributed by atoms with E-state index in [1.807, 2.05) is 13.8 Å². The Kier molecular flexibility index (Phi) is 5.43. The lowest BCUT2D eigenvalue weighted by molar-refractivity contribution is -0.142. The first-order valence-electron chi connectivity index (χ1n) is 4.15. The Morgan fingerprint density at radius 1 is 1.46 bits per heavy atom. The van der Waals surface area contributed by atoms with Gasteiger partial charge in [-0.2, -0.15) is 0 Å². The summed E-state index contributed by atoms with van der Waals surface area (Å²) in [6.45, 7) is 5.90. The van der Waals surface area contributed by atoms with Crippen LogP contribution >= 0.6 is 0 Å². The first-order valence-corrected chi connectivity index (χ1v) is 4.15. The van der Waals surface area contributed by atoms with Crippen LogP contribution in [0.1, 0.15) is 27.2 Å². The maximum Gasteiger partial charge on any atom is 0.311 e. The summed E-state index contributed by atoms with van der Waals surface area (Å²) in [4.78, 5) is 11.0. The highest BCUT2D eigenvalue weighted by molar-refractivity contribution is 5.73. The predicted octanol–water partition coefficient (Wildman–Crippen LogP) is 2.06. The first-order chi connectivity index (χ1) is 6.10. The molecule has 0 heterocycles. The molecule has 0 aliphatic carbocycles. The van der Waals surface area contributed by atoms with Crippen LogP contribution in [-0.2, 0) is 9.53 Å². The quantitative estimate of drug-likeness (QED) is 0.375. The number of esters is 1. The van der Waals surface area contributed by atoms with Crippen molar-refractivity contribution in [3.8, 4) is 12.3 Å². The molecular weight excluding hydrogens is 164 g/mol. The molecule has 0 spiro atoms. The van der Waals surface area contributed by atoms with E-state index in [0.717, 1.165) is 5.57 Å². The van der Waals surface area contributed by atoms with Gasteiger partial charge in [0.2, 0.25) is 0 Å². The molecule has 0 aromatic carbocycles. The van der Waals surface area contributed by atoms with Crippen LogP contribution in [0.5, 0.6) is 0 Å². The lowest BCUT2D eigenvalue weighted by atomic mass is 10.2. The van der Waals surface area contributed by atoms with Gasteiger partial charge in [0.1, 0.15) is 0 Å². The average molecular weight is 178 g/mol. The van der Waals surface area contributed by atoms with Crippen LogP contribution in [0.4, 0.5) is 0 Å². The molecule has 0 aromatic rings. The third kappa shape index (κ3) is 5.78. The van der Waals surface area contributed by atoms with Gasteiger partial charge in [-0.25, -0.2) is 0 Å². The molecule has 0 unspecified atom stereocenters. The Morgan fingerprint density at radius 2 is 2.08 bits per heavy atom. The molecule has 0 bridgehead atoms. The molecule has 0 fully saturated rings. The first kappa shape index (κ1) is 11.6. The smallest absolute Gasteiger partial charge is 0.311 e. The Hall–Kier alpha value is -1.45. The molecule has 0 N–H and O–H groups in total. The Morgan fingerprint density at radius 3 is 2.46 bits per heavy atom. The van der Waals surface area contributed by atoms with Gasteiger partial charge in [0.25, 0.3) is 0 Å². The van der Waals surface area contributed by atoms with Crippen LogP contribution in [0.15, 0.2) is 16.9 Å². The maximum atomic E-state index is 11.0. The lowest BCUT2D eigenvalue weighted by Gasteiger charge is -1.98. The number of rotatable bonds is 3. The fourth-order valence-corrected chi connectivity index (χ4v) is 0.789. The second kappa shape index (κ2) is 6.11. The van der Waals surface area contributed by atoms with Crippen LogP contribution in [0.3, 0.4) is 0 Å². The maximum absolute atomic E-state index is 11.0. The van der Waals surface area contributed by atoms with Gasteiger partial charge in [-0.05, 0) is 26.3 Å². The van der Waals surface area contributed by atoms with E-state index in [9.17, 15) is 4.79 Å². The van der Waals surface area contributed by atoms with Crippen molar-refractivity contribution in [2.75, 3.05) is 6.61 Å². The highest BCUT2D eigenvalue weighted by Crippen LogP contribution is 2.01. The normalized spacial score (nSPS) is 8.15. The number of terminal acetylenes is 1. The van der Waals surface area contributed by atoms with Crippen molar-refractivity contribution in [1.82, 2.24) is 0 Å². The number of ether oxygens (including phenoxy) is 1. The minimum atomic E-state index is -0.302. The second-order valence-electron chi connectivity index (χ2n) is 2.73. The summed E-state index contributed by atoms with van der Waals surface area (Å²) in [6.07, 6.45) is 5.33. The summed E-state index contributed by atoms with van der Waals surface area (Å²) in [5.74, 6) is 2.10. The fraction of sp³-hybridized carbons (Fsp3) is 0.455. The number of carbonyl (C=O) groups excluding carboxylic acids is 1. The molecule has 13 heavy (non-hydrogen) atoms. The van der Waals surface area contributed by atoms with Gasteiger partial charge in [-0.15, -0.1) is 12.2 Å². The van der Waals surface area contributed by atoms with Crippen molar-refractivity contribution >= 4 is 5.97 Å². The highest BCUT2D eigenvalue weighted by atomic mass is 16.5. The molecule has 0 aliphatic heterocycles. The van der Waals surface area contributed by atoms with Gasteiger partial charge in [0, 0.05) is 0 Å². The SMILES string of the molecule is C#CC(=C=C(C)C)CC(=O)OCC. The molecule has 2 heteroatoms. The van der Waals surface area contributed by atoms with Crippen molar-refractivity contribution in [2.45, 2.75) is 27.2 Å². The molecule has 2 nitrogen and oxygen atoms in total. The molecule has 0 aromatic heterocycles. The van der Waals surface area contributed by atoms with E-state index >= 15 is 0 Å². The van der Waals surface area contributed by atoms with Crippen LogP contribution in [0.25, 0.3) is 0 Å². The molecule has 70 valence electrons. The van der Waals surface area contributed by atoms with Crippen molar-refractivity contribution < 1.29 is 9.53 Å². The monoisotopic (exact) mass is 178 g/mol. The topological polar surface area (TPSA) is 26.3 Å². The standard InChI is InChI=1S/C11H14O2/c1-5-10(7-9(3)4)8-11(12)13-6-2/h1H,6,8H2,2-4H3. The van der Waals surface area contributed by atoms with Crippen molar-refractivity contribution in [3.63, 3.8) is 0 Å². The van der Waals surface area contributed by atoms with E-state index in [1.165, 1.54) is 0 Å². The van der Waals surface area contributed by atoms with Gasteiger partial charge < -0.3 is 4.74 Å². The largest absolute Gasteiger partial charge is 0.466 e. The fourth-order valence-electron chi connectivity index (χ4n) is 0.789. The van der Waals surface area contributed by atoms with Gasteiger partial charge >= 0.3 is 5.97 Å². The number of hydrogen-bond donors (Lipinski definition) is 0. The highest BCUT2D eigenvalue weighted by Gasteiger charge is 2.03. The zero-order valence-corrected chi connectivity index (χ0v) is 8.31. The zero-order chi connectivity index (χ0) is 10.3. The lowest BCUT2D eigenvalue weighted by Crippen LogP contribution is -2.04. The zero-order valence-electron chi connectivity index (χ0n) is 8.31. The van der Waals surface area contributed by atoms with E-state index in [1.54, 1.807) is 6.92 Å². The molecule has 0 radical (unpaired) electrons. The van der Waals surface area contributed by atoms with Gasteiger partial charge in [-0.3, -0.25) is 4.79 Å². The summed E-state index contributed by atoms with van der Waals surface area (Å²) >= 11 is 0. The van der Waals surface area contributed by atoms with Crippen LogP contribution < -0.4 is 0 Å². The molecule has 0 saturated heterocycles. The molecule has 0 saturated carbocycles. The third-order valence-electron chi connectivity index (χ3n) is 1.20. The van der Waals surface area contributed by atoms with Gasteiger partial charge in [0.15, 0.2) is 0 Å². The third-order valence-corrected chi connectivity index (χ3v) is 1.20. The Bertz CT molecular complexity index is 282. The summed E-state index contributed by atoms with van der Waals surface area (Å²) < 4.78 is 4.75. The second-order valence-corrected chi connectivity index (χ2v) is 2.73. The van der Waals surface area contributed by atoms with Crippen molar-refractivity contribution in [3.05, 3.63) is 16.9 Å². The van der Waals surface area contributed by atoms with E-state index in [-0.39, 0.29) is 12.4 Å². The van der Waals surface area contributed by atoms with Gasteiger partial charge in [0.05, 0.1) is 18.6 Å². The van der Waals surface area contributed by atoms with Crippen LogP contribution in [0.2, 0.25) is 0 Å². The van der Waals surface area contributed by atoms with E-state index in [0.29, 0.717) is 12.2 Å². The predicted molar refractivity (Wildman–Crippen MR) is 52.0 cm³/mol. The van der Waals surface area contributed by atoms with E-state index < -0.39 is 0 Å². The van der Waals surface area contributed by atoms with E-state index in [4.69, 9.17) is 11.2 Å². The molecule has 0 atom stereocenters. The van der Waals surface area contributed by atoms with Crippen LogP contribution in [-0.4, -0.2) is 12.6 Å². The number of hydrogen-bond acceptors (Lipinski definition) is 2. The Labute approximate surface area is 79.3 Å². The molecule has 0 amide bonds. The van der Waals surface area contributed by atoms with E-state index in [2.05, 4.69) is 11.7 Å². The average Bonchev–Trinajstić information content (AvgIpc) is 2.02. The summed E-state index contributed by atoms with van der Waals surface area (Å²) in [5, 5.41) is 0. The summed E-state index contributed by atoms with van der Waals surface area (Å²) in [5.41, 5.74) is 4.41. The molecule has 0 rings (SSSR count). The van der Waals surface area contributed by atoms with Crippen molar-refractivity contribution in [2.24, 2.45) is 0 Å². The molecule has 0 aliphatic rings. The summed E-state index contributed by atoms with van der Waals surface area (Å²) in [7, 11) is 0. The minimum absolute atomic E-state index is 0.134. The minimum Gasteiger partial charge on any atom is -0.466 e.